The zero-order valence-corrected chi connectivity index (χ0v) is 11.8. The van der Waals surface area contributed by atoms with E-state index in [4.69, 9.17) is 0 Å². The molecule has 0 unspecified atom stereocenters. The fourth-order valence-corrected chi connectivity index (χ4v) is 2.92. The molecule has 20 heavy (non-hydrogen) atoms. The number of nitrogens with zero attached hydrogens (tertiary/aromatic N) is 3. The minimum absolute atomic E-state index is 0.0712. The van der Waals surface area contributed by atoms with Crippen LogP contribution in [0.1, 0.15) is 50.3 Å². The number of hydrogen-bond donors (Lipinski definition) is 1. The van der Waals surface area contributed by atoms with Gasteiger partial charge >= 0.3 is 0 Å². The number of hydrogen-bond acceptors (Lipinski definition) is 3. The molecule has 1 saturated carbocycles. The molecule has 0 bridgehead atoms. The third kappa shape index (κ3) is 2.81. The Labute approximate surface area is 118 Å². The van der Waals surface area contributed by atoms with Crippen LogP contribution in [0.3, 0.4) is 0 Å². The van der Waals surface area contributed by atoms with Crippen molar-refractivity contribution in [3.8, 4) is 11.3 Å². The predicted molar refractivity (Wildman–Crippen MR) is 77.5 cm³/mol. The van der Waals surface area contributed by atoms with E-state index in [9.17, 15) is 4.79 Å². The van der Waals surface area contributed by atoms with Gasteiger partial charge in [0.2, 0.25) is 0 Å². The summed E-state index contributed by atoms with van der Waals surface area (Å²) in [6, 6.07) is 1.55. The van der Waals surface area contributed by atoms with Crippen molar-refractivity contribution in [2.24, 2.45) is 7.05 Å². The van der Waals surface area contributed by atoms with Crippen molar-refractivity contribution in [1.29, 1.82) is 0 Å². The molecule has 1 fully saturated rings. The second-order valence-corrected chi connectivity index (χ2v) is 5.61. The van der Waals surface area contributed by atoms with Crippen molar-refractivity contribution in [3.63, 3.8) is 0 Å². The molecule has 0 radical (unpaired) electrons. The fraction of sp³-hybridized carbons (Fsp3) is 0.533. The first-order valence-corrected chi connectivity index (χ1v) is 7.32. The molecule has 0 aromatic carbocycles. The Morgan fingerprint density at radius 1 is 1.25 bits per heavy atom. The van der Waals surface area contributed by atoms with Gasteiger partial charge in [-0.1, -0.05) is 25.7 Å². The first kappa shape index (κ1) is 13.1. The Morgan fingerprint density at radius 2 is 2.00 bits per heavy atom. The van der Waals surface area contributed by atoms with Gasteiger partial charge in [-0.3, -0.25) is 9.48 Å². The standard InChI is InChI=1S/C15H20N4O/c1-19-10-12(9-16-19)13-8-14(20)18-15(17-13)11-6-4-2-3-5-7-11/h8-11H,2-7H2,1H3,(H,17,18,20). The highest BCUT2D eigenvalue weighted by Crippen LogP contribution is 2.29. The number of nitrogens with one attached hydrogen (secondary N) is 1. The van der Waals surface area contributed by atoms with E-state index in [0.717, 1.165) is 29.9 Å². The van der Waals surface area contributed by atoms with Crippen LogP contribution in [0, 0.1) is 0 Å². The second kappa shape index (κ2) is 5.61. The van der Waals surface area contributed by atoms with Crippen molar-refractivity contribution in [2.75, 3.05) is 0 Å². The summed E-state index contributed by atoms with van der Waals surface area (Å²) in [7, 11) is 1.86. The number of rotatable bonds is 2. The van der Waals surface area contributed by atoms with Crippen LogP contribution < -0.4 is 5.56 Å². The van der Waals surface area contributed by atoms with Gasteiger partial charge in [0, 0.05) is 30.8 Å². The van der Waals surface area contributed by atoms with Crippen molar-refractivity contribution in [3.05, 3.63) is 34.6 Å². The first-order valence-electron chi connectivity index (χ1n) is 7.32. The van der Waals surface area contributed by atoms with E-state index >= 15 is 0 Å². The highest BCUT2D eigenvalue weighted by Gasteiger charge is 2.17. The Hall–Kier alpha value is -1.91. The summed E-state index contributed by atoms with van der Waals surface area (Å²) in [5.74, 6) is 1.24. The molecule has 1 aliphatic rings. The summed E-state index contributed by atoms with van der Waals surface area (Å²) in [6.07, 6.45) is 10.9. The quantitative estimate of drug-likeness (QED) is 0.855. The normalized spacial score (nSPS) is 17.1. The maximum atomic E-state index is 11.9. The molecule has 2 aromatic heterocycles. The van der Waals surface area contributed by atoms with Gasteiger partial charge in [-0.15, -0.1) is 0 Å². The van der Waals surface area contributed by atoms with Crippen LogP contribution in [0.2, 0.25) is 0 Å². The lowest BCUT2D eigenvalue weighted by atomic mass is 9.99. The number of aryl methyl sites for hydroxylation is 1. The maximum absolute atomic E-state index is 11.9. The van der Waals surface area contributed by atoms with E-state index in [1.807, 2.05) is 13.2 Å². The van der Waals surface area contributed by atoms with Gasteiger partial charge in [0.15, 0.2) is 0 Å². The Balaban J connectivity index is 1.95. The predicted octanol–water partition coefficient (Wildman–Crippen LogP) is 2.61. The van der Waals surface area contributed by atoms with E-state index in [1.54, 1.807) is 16.9 Å². The molecule has 2 heterocycles. The zero-order valence-electron chi connectivity index (χ0n) is 11.8. The largest absolute Gasteiger partial charge is 0.310 e. The van der Waals surface area contributed by atoms with Crippen molar-refractivity contribution >= 4 is 0 Å². The summed E-state index contributed by atoms with van der Waals surface area (Å²) in [6.45, 7) is 0. The van der Waals surface area contributed by atoms with Crippen LogP contribution >= 0.6 is 0 Å². The molecular formula is C15H20N4O. The molecule has 1 N–H and O–H groups in total. The van der Waals surface area contributed by atoms with Gasteiger partial charge in [0.1, 0.15) is 5.82 Å². The number of H-pyrrole nitrogens is 1. The topological polar surface area (TPSA) is 63.6 Å². The maximum Gasteiger partial charge on any atom is 0.251 e. The van der Waals surface area contributed by atoms with Crippen molar-refractivity contribution < 1.29 is 0 Å². The third-order valence-corrected chi connectivity index (χ3v) is 4.00. The molecule has 2 aromatic rings. The third-order valence-electron chi connectivity index (χ3n) is 4.00. The lowest BCUT2D eigenvalue weighted by Gasteiger charge is -2.13. The minimum Gasteiger partial charge on any atom is -0.310 e. The molecule has 5 nitrogen and oxygen atoms in total. The van der Waals surface area contributed by atoms with E-state index < -0.39 is 0 Å². The Bertz CT molecular complexity index is 635. The fourth-order valence-electron chi connectivity index (χ4n) is 2.92. The molecule has 0 aliphatic heterocycles. The van der Waals surface area contributed by atoms with Gasteiger partial charge in [0.25, 0.3) is 5.56 Å². The molecule has 0 spiro atoms. The molecule has 1 aliphatic carbocycles. The van der Waals surface area contributed by atoms with Crippen molar-refractivity contribution in [1.82, 2.24) is 19.7 Å². The SMILES string of the molecule is Cn1cc(-c2cc(=O)[nH]c(C3CCCCCC3)n2)cn1. The van der Waals surface area contributed by atoms with E-state index in [1.165, 1.54) is 25.7 Å². The zero-order chi connectivity index (χ0) is 13.9. The molecule has 0 amide bonds. The second-order valence-electron chi connectivity index (χ2n) is 5.61. The van der Waals surface area contributed by atoms with Crippen LogP contribution in [-0.4, -0.2) is 19.7 Å². The van der Waals surface area contributed by atoms with Gasteiger partial charge in [-0.25, -0.2) is 4.98 Å². The molecule has 0 saturated heterocycles. The molecule has 3 rings (SSSR count). The van der Waals surface area contributed by atoms with Gasteiger partial charge < -0.3 is 4.98 Å². The summed E-state index contributed by atoms with van der Waals surface area (Å²) < 4.78 is 1.73. The Morgan fingerprint density at radius 3 is 2.65 bits per heavy atom. The summed E-state index contributed by atoms with van der Waals surface area (Å²) in [5, 5.41) is 4.14. The average molecular weight is 272 g/mol. The van der Waals surface area contributed by atoms with E-state index in [2.05, 4.69) is 15.1 Å². The van der Waals surface area contributed by atoms with Crippen LogP contribution in [0.4, 0.5) is 0 Å². The van der Waals surface area contributed by atoms with Gasteiger partial charge in [-0.05, 0) is 12.8 Å². The minimum atomic E-state index is -0.0712. The van der Waals surface area contributed by atoms with Gasteiger partial charge in [-0.2, -0.15) is 5.10 Å². The molecule has 0 atom stereocenters. The van der Waals surface area contributed by atoms with Crippen LogP contribution in [0.25, 0.3) is 11.3 Å². The van der Waals surface area contributed by atoms with Crippen LogP contribution in [0.15, 0.2) is 23.3 Å². The first-order chi connectivity index (χ1) is 9.72. The average Bonchev–Trinajstić information content (AvgIpc) is 2.71. The smallest absolute Gasteiger partial charge is 0.251 e. The summed E-state index contributed by atoms with van der Waals surface area (Å²) in [5.41, 5.74) is 1.55. The monoisotopic (exact) mass is 272 g/mol. The lowest BCUT2D eigenvalue weighted by molar-refractivity contribution is 0.559. The Kier molecular flexibility index (Phi) is 3.67. The lowest BCUT2D eigenvalue weighted by Crippen LogP contribution is -2.14. The van der Waals surface area contributed by atoms with Crippen molar-refractivity contribution in [2.45, 2.75) is 44.4 Å². The van der Waals surface area contributed by atoms with E-state index in [0.29, 0.717) is 5.92 Å². The summed E-state index contributed by atoms with van der Waals surface area (Å²) >= 11 is 0. The van der Waals surface area contributed by atoms with Crippen LogP contribution in [0.5, 0.6) is 0 Å². The molecular weight excluding hydrogens is 252 g/mol. The van der Waals surface area contributed by atoms with Crippen LogP contribution in [-0.2, 0) is 7.05 Å². The number of aromatic nitrogens is 4. The highest BCUT2D eigenvalue weighted by molar-refractivity contribution is 5.56. The molecule has 5 heteroatoms. The van der Waals surface area contributed by atoms with Gasteiger partial charge in [0.05, 0.1) is 11.9 Å². The summed E-state index contributed by atoms with van der Waals surface area (Å²) in [4.78, 5) is 19.5. The molecule has 106 valence electrons. The van der Waals surface area contributed by atoms with E-state index in [-0.39, 0.29) is 5.56 Å². The highest BCUT2D eigenvalue weighted by atomic mass is 16.1. The number of aromatic amines is 1.